The van der Waals surface area contributed by atoms with E-state index in [1.807, 2.05) is 0 Å². The van der Waals surface area contributed by atoms with Crippen LogP contribution >= 0.6 is 0 Å². The molecule has 0 fully saturated rings. The SMILES string of the molecule is CCCCC/C=C\C/C=C\CCCCCCCC(=O)NC(CCCN)C(=O)NC(CCCN)C(=O)NCCCCNCCCN. The number of nitrogens with one attached hydrogen (secondary N) is 4. The Balaban J connectivity index is 4.41. The minimum atomic E-state index is -0.716. The molecule has 0 aliphatic heterocycles. The third kappa shape index (κ3) is 27.7. The lowest BCUT2D eigenvalue weighted by Crippen LogP contribution is -2.54. The Kier molecular flexibility index (Phi) is 31.4. The van der Waals surface area contributed by atoms with E-state index >= 15 is 0 Å². The average molecular weight is 636 g/mol. The zero-order valence-electron chi connectivity index (χ0n) is 28.6. The molecule has 262 valence electrons. The van der Waals surface area contributed by atoms with Crippen LogP contribution in [0.3, 0.4) is 0 Å². The number of hydrogen-bond acceptors (Lipinski definition) is 7. The van der Waals surface area contributed by atoms with Crippen molar-refractivity contribution in [3.63, 3.8) is 0 Å². The molecule has 0 radical (unpaired) electrons. The van der Waals surface area contributed by atoms with Crippen LogP contribution in [0.15, 0.2) is 24.3 Å². The Morgan fingerprint density at radius 3 is 1.78 bits per heavy atom. The van der Waals surface area contributed by atoms with E-state index in [2.05, 4.69) is 52.5 Å². The molecule has 0 rings (SSSR count). The fourth-order valence-electron chi connectivity index (χ4n) is 4.88. The highest BCUT2D eigenvalue weighted by molar-refractivity contribution is 5.92. The molecule has 0 heterocycles. The maximum Gasteiger partial charge on any atom is 0.243 e. The van der Waals surface area contributed by atoms with E-state index in [0.717, 1.165) is 77.3 Å². The number of hydrogen-bond donors (Lipinski definition) is 7. The van der Waals surface area contributed by atoms with Gasteiger partial charge in [0.25, 0.3) is 0 Å². The summed E-state index contributed by atoms with van der Waals surface area (Å²) in [5.41, 5.74) is 16.9. The van der Waals surface area contributed by atoms with E-state index in [0.29, 0.717) is 58.3 Å². The number of allylic oxidation sites excluding steroid dienone is 4. The van der Waals surface area contributed by atoms with Gasteiger partial charge in [-0.2, -0.15) is 0 Å². The van der Waals surface area contributed by atoms with Crippen LogP contribution in [0.4, 0.5) is 0 Å². The number of rotatable bonds is 32. The molecule has 0 bridgehead atoms. The summed E-state index contributed by atoms with van der Waals surface area (Å²) in [5.74, 6) is -0.707. The standard InChI is InChI=1S/C35H69N7O3/c1-2-3-4-5-6-7-8-9-10-11-12-13-14-15-16-24-33(43)41-32(23-20-26-37)35(45)42-31(22-19-25-36)34(44)40-30-18-17-28-39-29-21-27-38/h6-7,9-10,31-32,39H,2-5,8,11-30,36-38H2,1H3,(H,40,44)(H,41,43)(H,42,45)/b7-6-,10-9-. The second-order valence-corrected chi connectivity index (χ2v) is 11.9. The summed E-state index contributed by atoms with van der Waals surface area (Å²) < 4.78 is 0. The van der Waals surface area contributed by atoms with Crippen molar-refractivity contribution in [3.8, 4) is 0 Å². The third-order valence-corrected chi connectivity index (χ3v) is 7.67. The lowest BCUT2D eigenvalue weighted by atomic mass is 10.1. The van der Waals surface area contributed by atoms with Gasteiger partial charge in [0.2, 0.25) is 17.7 Å². The first-order valence-corrected chi connectivity index (χ1v) is 18.0. The van der Waals surface area contributed by atoms with Crippen LogP contribution in [0.2, 0.25) is 0 Å². The molecule has 0 aliphatic carbocycles. The van der Waals surface area contributed by atoms with Gasteiger partial charge in [-0.15, -0.1) is 0 Å². The summed E-state index contributed by atoms with van der Waals surface area (Å²) in [4.78, 5) is 38.7. The van der Waals surface area contributed by atoms with Crippen molar-refractivity contribution in [2.75, 3.05) is 39.3 Å². The first kappa shape index (κ1) is 42.7. The van der Waals surface area contributed by atoms with Crippen molar-refractivity contribution in [1.29, 1.82) is 0 Å². The minimum absolute atomic E-state index is 0.138. The molecule has 0 aromatic heterocycles. The molecular formula is C35H69N7O3. The van der Waals surface area contributed by atoms with Crippen LogP contribution in [0.25, 0.3) is 0 Å². The minimum Gasteiger partial charge on any atom is -0.354 e. The van der Waals surface area contributed by atoms with Crippen molar-refractivity contribution in [2.24, 2.45) is 17.2 Å². The van der Waals surface area contributed by atoms with Gasteiger partial charge in [0.1, 0.15) is 12.1 Å². The molecule has 3 amide bonds. The van der Waals surface area contributed by atoms with Crippen LogP contribution in [-0.4, -0.2) is 69.1 Å². The summed E-state index contributed by atoms with van der Waals surface area (Å²) >= 11 is 0. The molecule has 10 N–H and O–H groups in total. The summed E-state index contributed by atoms with van der Waals surface area (Å²) in [6.45, 7) is 6.06. The largest absolute Gasteiger partial charge is 0.354 e. The maximum atomic E-state index is 13.2. The Morgan fingerprint density at radius 2 is 1.13 bits per heavy atom. The van der Waals surface area contributed by atoms with Gasteiger partial charge in [-0.3, -0.25) is 14.4 Å². The van der Waals surface area contributed by atoms with Crippen molar-refractivity contribution in [3.05, 3.63) is 24.3 Å². The molecule has 0 saturated heterocycles. The van der Waals surface area contributed by atoms with Gasteiger partial charge in [0.05, 0.1) is 0 Å². The predicted molar refractivity (Wildman–Crippen MR) is 189 cm³/mol. The van der Waals surface area contributed by atoms with Gasteiger partial charge in [-0.1, -0.05) is 63.3 Å². The number of unbranched alkanes of at least 4 members (excludes halogenated alkanes) is 9. The smallest absolute Gasteiger partial charge is 0.243 e. The molecule has 0 spiro atoms. The van der Waals surface area contributed by atoms with Crippen LogP contribution in [0.5, 0.6) is 0 Å². The van der Waals surface area contributed by atoms with E-state index in [9.17, 15) is 14.4 Å². The predicted octanol–water partition coefficient (Wildman–Crippen LogP) is 4.08. The first-order chi connectivity index (χ1) is 22.0. The van der Waals surface area contributed by atoms with E-state index in [1.165, 1.54) is 25.7 Å². The Hall–Kier alpha value is -2.27. The normalized spacial score (nSPS) is 12.9. The lowest BCUT2D eigenvalue weighted by Gasteiger charge is -2.23. The molecule has 45 heavy (non-hydrogen) atoms. The van der Waals surface area contributed by atoms with Gasteiger partial charge in [0.15, 0.2) is 0 Å². The third-order valence-electron chi connectivity index (χ3n) is 7.67. The van der Waals surface area contributed by atoms with Crippen LogP contribution in [0, 0.1) is 0 Å². The molecule has 10 heteroatoms. The molecular weight excluding hydrogens is 566 g/mol. The highest BCUT2D eigenvalue weighted by atomic mass is 16.2. The van der Waals surface area contributed by atoms with Crippen LogP contribution < -0.4 is 38.5 Å². The van der Waals surface area contributed by atoms with Crippen LogP contribution in [0.1, 0.15) is 129 Å². The highest BCUT2D eigenvalue weighted by Crippen LogP contribution is 2.09. The lowest BCUT2D eigenvalue weighted by molar-refractivity contribution is -0.132. The molecule has 2 unspecified atom stereocenters. The van der Waals surface area contributed by atoms with E-state index < -0.39 is 12.1 Å². The fraction of sp³-hybridized carbons (Fsp3) is 0.800. The van der Waals surface area contributed by atoms with Gasteiger partial charge in [-0.25, -0.2) is 0 Å². The Bertz CT molecular complexity index is 776. The van der Waals surface area contributed by atoms with E-state index in [-0.39, 0.29) is 17.7 Å². The molecule has 0 aromatic rings. The summed E-state index contributed by atoms with van der Waals surface area (Å²) in [6, 6.07) is -1.41. The summed E-state index contributed by atoms with van der Waals surface area (Å²) in [7, 11) is 0. The summed E-state index contributed by atoms with van der Waals surface area (Å²) in [5, 5.41) is 12.0. The fourth-order valence-corrected chi connectivity index (χ4v) is 4.88. The molecule has 0 saturated carbocycles. The molecule has 0 aliphatic rings. The van der Waals surface area contributed by atoms with E-state index in [4.69, 9.17) is 17.2 Å². The monoisotopic (exact) mass is 636 g/mol. The number of nitrogens with two attached hydrogens (primary N) is 3. The van der Waals surface area contributed by atoms with Gasteiger partial charge >= 0.3 is 0 Å². The highest BCUT2D eigenvalue weighted by Gasteiger charge is 2.26. The van der Waals surface area contributed by atoms with E-state index in [1.54, 1.807) is 0 Å². The second kappa shape index (κ2) is 33.1. The average Bonchev–Trinajstić information content (AvgIpc) is 3.04. The molecule has 2 atom stereocenters. The zero-order valence-corrected chi connectivity index (χ0v) is 28.6. The number of carbonyl (C=O) groups excluding carboxylic acids is 3. The quantitative estimate of drug-likeness (QED) is 0.0430. The van der Waals surface area contributed by atoms with Gasteiger partial charge in [-0.05, 0) is 116 Å². The maximum absolute atomic E-state index is 13.2. The zero-order chi connectivity index (χ0) is 33.2. The van der Waals surface area contributed by atoms with Crippen molar-refractivity contribution >= 4 is 17.7 Å². The number of amides is 3. The first-order valence-electron chi connectivity index (χ1n) is 18.0. The van der Waals surface area contributed by atoms with Crippen LogP contribution in [-0.2, 0) is 14.4 Å². The Morgan fingerprint density at radius 1 is 0.578 bits per heavy atom. The van der Waals surface area contributed by atoms with Gasteiger partial charge < -0.3 is 38.5 Å². The summed E-state index contributed by atoms with van der Waals surface area (Å²) in [6.07, 6.45) is 26.6. The number of carbonyl (C=O) groups is 3. The Labute approximate surface area is 274 Å². The topological polar surface area (TPSA) is 177 Å². The van der Waals surface area contributed by atoms with Gasteiger partial charge in [0, 0.05) is 13.0 Å². The molecule has 0 aromatic carbocycles. The van der Waals surface area contributed by atoms with Crippen molar-refractivity contribution in [2.45, 2.75) is 141 Å². The second-order valence-electron chi connectivity index (χ2n) is 11.9. The van der Waals surface area contributed by atoms with Crippen molar-refractivity contribution < 1.29 is 14.4 Å². The van der Waals surface area contributed by atoms with Crippen molar-refractivity contribution in [1.82, 2.24) is 21.3 Å². The molecule has 10 nitrogen and oxygen atoms in total.